The van der Waals surface area contributed by atoms with Crippen molar-refractivity contribution in [1.82, 2.24) is 9.59 Å². The maximum Gasteiger partial charge on any atom is 0.0724 e. The molecule has 0 atom stereocenters. The van der Waals surface area contributed by atoms with Crippen LogP contribution in [0.25, 0.3) is 0 Å². The molecule has 0 radical (unpaired) electrons. The van der Waals surface area contributed by atoms with Crippen molar-refractivity contribution in [3.63, 3.8) is 0 Å². The number of nitrogens with zero attached hydrogens (tertiary/aromatic N) is 2. The molecule has 0 saturated carbocycles. The monoisotopic (exact) mass is 116 g/mol. The first-order valence-corrected chi connectivity index (χ1v) is 2.47. The molecule has 40 valence electrons. The van der Waals surface area contributed by atoms with E-state index < -0.39 is 0 Å². The fraction of sp³-hybridized carbons (Fsp3) is 0.500. The van der Waals surface area contributed by atoms with Gasteiger partial charge in [-0.25, -0.2) is 0 Å². The van der Waals surface area contributed by atoms with E-state index in [1.807, 2.05) is 12.3 Å². The van der Waals surface area contributed by atoms with E-state index in [0.29, 0.717) is 0 Å². The van der Waals surface area contributed by atoms with Gasteiger partial charge in [0.1, 0.15) is 0 Å². The zero-order valence-corrected chi connectivity index (χ0v) is 4.20. The third-order valence-corrected chi connectivity index (χ3v) is 1.09. The van der Waals surface area contributed by atoms with Gasteiger partial charge in [0.2, 0.25) is 0 Å². The minimum atomic E-state index is 0. The lowest BCUT2D eigenvalue weighted by Gasteiger charge is -1.61. The van der Waals surface area contributed by atoms with Crippen molar-refractivity contribution in [3.8, 4) is 0 Å². The first-order valence-electron chi connectivity index (χ1n) is 1.63. The molecule has 1 aromatic rings. The fourth-order valence-corrected chi connectivity index (χ4v) is 0.634. The molecule has 0 bridgehead atoms. The van der Waals surface area contributed by atoms with Gasteiger partial charge in [0.15, 0.2) is 0 Å². The molecule has 0 spiro atoms. The van der Waals surface area contributed by atoms with E-state index in [0.717, 1.165) is 5.69 Å². The van der Waals surface area contributed by atoms with Gasteiger partial charge in [-0.05, 0) is 18.5 Å². The van der Waals surface area contributed by atoms with Crippen LogP contribution < -0.4 is 0 Å². The lowest BCUT2D eigenvalue weighted by Crippen LogP contribution is -1.64. The van der Waals surface area contributed by atoms with Gasteiger partial charge in [0, 0.05) is 5.38 Å². The molecule has 0 aliphatic heterocycles. The normalized spacial score (nSPS) is 7.57. The summed E-state index contributed by atoms with van der Waals surface area (Å²) in [5.74, 6) is 0. The molecule has 0 N–H and O–H groups in total. The highest BCUT2D eigenvalue weighted by molar-refractivity contribution is 7.03. The van der Waals surface area contributed by atoms with Crippen molar-refractivity contribution in [2.24, 2.45) is 0 Å². The third kappa shape index (κ3) is 1.64. The standard InChI is InChI=1S/C3H4N2S.CH4/c1-3-2-6-5-4-3;/h2H,1H3;1H4. The second-order valence-electron chi connectivity index (χ2n) is 1.05. The second-order valence-corrected chi connectivity index (χ2v) is 1.66. The summed E-state index contributed by atoms with van der Waals surface area (Å²) in [6.45, 7) is 1.92. The molecular formula is C4H8N2S. The Morgan fingerprint density at radius 3 is 2.57 bits per heavy atom. The van der Waals surface area contributed by atoms with E-state index >= 15 is 0 Å². The SMILES string of the molecule is C.Cc1csnn1. The van der Waals surface area contributed by atoms with Crippen LogP contribution in [0.5, 0.6) is 0 Å². The fourth-order valence-electron chi connectivity index (χ4n) is 0.211. The summed E-state index contributed by atoms with van der Waals surface area (Å²) >= 11 is 1.38. The van der Waals surface area contributed by atoms with Crippen LogP contribution in [0, 0.1) is 6.92 Å². The highest BCUT2D eigenvalue weighted by Gasteiger charge is 1.78. The zero-order chi connectivity index (χ0) is 4.41. The molecule has 1 heterocycles. The van der Waals surface area contributed by atoms with Crippen molar-refractivity contribution in [2.75, 3.05) is 0 Å². The van der Waals surface area contributed by atoms with E-state index in [1.165, 1.54) is 11.5 Å². The number of hydrogen-bond donors (Lipinski definition) is 0. The van der Waals surface area contributed by atoms with Crippen LogP contribution in [0.2, 0.25) is 0 Å². The van der Waals surface area contributed by atoms with Gasteiger partial charge in [-0.3, -0.25) is 0 Å². The minimum absolute atomic E-state index is 0. The molecule has 0 aromatic carbocycles. The quantitative estimate of drug-likeness (QED) is 0.513. The Morgan fingerprint density at radius 1 is 1.71 bits per heavy atom. The van der Waals surface area contributed by atoms with Crippen molar-refractivity contribution < 1.29 is 0 Å². The van der Waals surface area contributed by atoms with Gasteiger partial charge in [-0.1, -0.05) is 11.9 Å². The number of aryl methyl sites for hydroxylation is 1. The minimum Gasteiger partial charge on any atom is -0.143 e. The van der Waals surface area contributed by atoms with Crippen LogP contribution >= 0.6 is 11.5 Å². The summed E-state index contributed by atoms with van der Waals surface area (Å²) in [4.78, 5) is 0. The number of aromatic nitrogens is 2. The first-order chi connectivity index (χ1) is 2.89. The van der Waals surface area contributed by atoms with E-state index in [1.54, 1.807) is 0 Å². The van der Waals surface area contributed by atoms with Gasteiger partial charge >= 0.3 is 0 Å². The van der Waals surface area contributed by atoms with E-state index in [9.17, 15) is 0 Å². The summed E-state index contributed by atoms with van der Waals surface area (Å²) in [7, 11) is 0. The molecule has 0 amide bonds. The molecule has 0 aliphatic carbocycles. The van der Waals surface area contributed by atoms with Gasteiger partial charge in [0.05, 0.1) is 5.69 Å². The van der Waals surface area contributed by atoms with Gasteiger partial charge in [-0.15, -0.1) is 5.10 Å². The average Bonchev–Trinajstić information content (AvgIpc) is 1.86. The molecule has 3 heteroatoms. The summed E-state index contributed by atoms with van der Waals surface area (Å²) in [6.07, 6.45) is 0. The Balaban J connectivity index is 0.000000360. The average molecular weight is 116 g/mol. The van der Waals surface area contributed by atoms with E-state index in [2.05, 4.69) is 9.59 Å². The Hall–Kier alpha value is -0.440. The third-order valence-electron chi connectivity index (χ3n) is 0.469. The Bertz CT molecular complexity index is 113. The molecule has 0 saturated heterocycles. The van der Waals surface area contributed by atoms with E-state index in [-0.39, 0.29) is 7.43 Å². The molecule has 7 heavy (non-hydrogen) atoms. The Morgan fingerprint density at radius 2 is 2.43 bits per heavy atom. The van der Waals surface area contributed by atoms with Crippen molar-refractivity contribution >= 4 is 11.5 Å². The van der Waals surface area contributed by atoms with Gasteiger partial charge in [0.25, 0.3) is 0 Å². The van der Waals surface area contributed by atoms with Crippen LogP contribution in [-0.2, 0) is 0 Å². The van der Waals surface area contributed by atoms with Gasteiger partial charge < -0.3 is 0 Å². The van der Waals surface area contributed by atoms with Crippen LogP contribution in [0.15, 0.2) is 5.38 Å². The Kier molecular flexibility index (Phi) is 2.52. The molecular weight excluding hydrogens is 108 g/mol. The predicted molar refractivity (Wildman–Crippen MR) is 31.4 cm³/mol. The number of hydrogen-bond acceptors (Lipinski definition) is 3. The lowest BCUT2D eigenvalue weighted by molar-refractivity contribution is 1.09. The van der Waals surface area contributed by atoms with Gasteiger partial charge in [-0.2, -0.15) is 0 Å². The topological polar surface area (TPSA) is 25.8 Å². The summed E-state index contributed by atoms with van der Waals surface area (Å²) in [6, 6.07) is 0. The Labute approximate surface area is 47.4 Å². The molecule has 1 rings (SSSR count). The van der Waals surface area contributed by atoms with Crippen molar-refractivity contribution in [3.05, 3.63) is 11.1 Å². The zero-order valence-electron chi connectivity index (χ0n) is 3.38. The van der Waals surface area contributed by atoms with E-state index in [4.69, 9.17) is 0 Å². The van der Waals surface area contributed by atoms with Crippen molar-refractivity contribution in [1.29, 1.82) is 0 Å². The predicted octanol–water partition coefficient (Wildman–Crippen LogP) is 1.48. The summed E-state index contributed by atoms with van der Waals surface area (Å²) in [5.41, 5.74) is 1.00. The molecule has 0 unspecified atom stereocenters. The highest BCUT2D eigenvalue weighted by atomic mass is 32.1. The highest BCUT2D eigenvalue weighted by Crippen LogP contribution is 1.90. The first kappa shape index (κ1) is 6.56. The largest absolute Gasteiger partial charge is 0.143 e. The van der Waals surface area contributed by atoms with Crippen LogP contribution in [0.1, 0.15) is 13.1 Å². The second kappa shape index (κ2) is 2.69. The molecule has 2 nitrogen and oxygen atoms in total. The number of rotatable bonds is 0. The maximum absolute atomic E-state index is 3.69. The van der Waals surface area contributed by atoms with Crippen LogP contribution in [0.4, 0.5) is 0 Å². The lowest BCUT2D eigenvalue weighted by atomic mass is 10.6. The van der Waals surface area contributed by atoms with Crippen LogP contribution in [-0.4, -0.2) is 9.59 Å². The van der Waals surface area contributed by atoms with Crippen LogP contribution in [0.3, 0.4) is 0 Å². The van der Waals surface area contributed by atoms with Crippen molar-refractivity contribution in [2.45, 2.75) is 14.4 Å². The molecule has 0 aliphatic rings. The smallest absolute Gasteiger partial charge is 0.0724 e. The summed E-state index contributed by atoms with van der Waals surface area (Å²) < 4.78 is 3.61. The summed E-state index contributed by atoms with van der Waals surface area (Å²) in [5, 5.41) is 5.59. The molecule has 1 aromatic heterocycles. The maximum atomic E-state index is 3.69. The molecule has 0 fully saturated rings.